The average Bonchev–Trinajstić information content (AvgIpc) is 2.37. The molecule has 1 aromatic rings. The summed E-state index contributed by atoms with van der Waals surface area (Å²) in [5.74, 6) is 0.802. The van der Waals surface area contributed by atoms with Crippen LogP contribution >= 0.6 is 23.2 Å². The van der Waals surface area contributed by atoms with Crippen LogP contribution < -0.4 is 5.32 Å². The van der Waals surface area contributed by atoms with Crippen molar-refractivity contribution in [3.63, 3.8) is 0 Å². The Balaban J connectivity index is 2.10. The van der Waals surface area contributed by atoms with Gasteiger partial charge in [0.15, 0.2) is 0 Å². The van der Waals surface area contributed by atoms with Crippen LogP contribution in [0.15, 0.2) is 24.3 Å². The number of alkyl halides is 1. The predicted octanol–water partition coefficient (Wildman–Crippen LogP) is 3.80. The third-order valence-electron chi connectivity index (χ3n) is 2.69. The van der Waals surface area contributed by atoms with Crippen LogP contribution in [0.3, 0.4) is 0 Å². The lowest BCUT2D eigenvalue weighted by atomic mass is 10.1. The van der Waals surface area contributed by atoms with E-state index in [1.807, 2.05) is 24.3 Å². The molecule has 2 nitrogen and oxygen atoms in total. The summed E-state index contributed by atoms with van der Waals surface area (Å²) in [5.41, 5.74) is 1.18. The first-order valence-electron chi connectivity index (χ1n) is 6.29. The van der Waals surface area contributed by atoms with E-state index in [2.05, 4.69) is 5.32 Å². The molecule has 0 heterocycles. The van der Waals surface area contributed by atoms with E-state index in [1.165, 1.54) is 5.56 Å². The van der Waals surface area contributed by atoms with Crippen LogP contribution in [0.2, 0.25) is 5.02 Å². The number of rotatable bonds is 8. The summed E-state index contributed by atoms with van der Waals surface area (Å²) >= 11 is 11.4. The Kier molecular flexibility index (Phi) is 7.86. The standard InChI is InChI=1S/C14H19Cl2NO/c15-10-3-1-2-4-14(18)17-11-9-12-5-7-13(16)8-6-12/h5-8H,1-4,9-11H2,(H,17,18). The van der Waals surface area contributed by atoms with Crippen molar-refractivity contribution in [1.29, 1.82) is 0 Å². The Morgan fingerprint density at radius 3 is 2.50 bits per heavy atom. The van der Waals surface area contributed by atoms with Gasteiger partial charge in [-0.1, -0.05) is 30.2 Å². The fourth-order valence-electron chi connectivity index (χ4n) is 1.64. The number of benzene rings is 1. The predicted molar refractivity (Wildman–Crippen MR) is 77.4 cm³/mol. The van der Waals surface area contributed by atoms with Gasteiger partial charge in [-0.15, -0.1) is 11.6 Å². The van der Waals surface area contributed by atoms with E-state index < -0.39 is 0 Å². The van der Waals surface area contributed by atoms with Gasteiger partial charge in [0.1, 0.15) is 0 Å². The lowest BCUT2D eigenvalue weighted by Gasteiger charge is -2.05. The van der Waals surface area contributed by atoms with Crippen LogP contribution in [0.25, 0.3) is 0 Å². The van der Waals surface area contributed by atoms with Crippen LogP contribution in [0.4, 0.5) is 0 Å². The highest BCUT2D eigenvalue weighted by atomic mass is 35.5. The fraction of sp³-hybridized carbons (Fsp3) is 0.500. The molecule has 0 saturated carbocycles. The molecule has 1 amide bonds. The van der Waals surface area contributed by atoms with Gasteiger partial charge in [0.25, 0.3) is 0 Å². The van der Waals surface area contributed by atoms with Gasteiger partial charge in [0, 0.05) is 23.9 Å². The number of amides is 1. The minimum atomic E-state index is 0.124. The van der Waals surface area contributed by atoms with Crippen molar-refractivity contribution in [1.82, 2.24) is 5.32 Å². The maximum Gasteiger partial charge on any atom is 0.220 e. The summed E-state index contributed by atoms with van der Waals surface area (Å²) in [4.78, 5) is 11.5. The second-order valence-corrected chi connectivity index (χ2v) is 5.04. The van der Waals surface area contributed by atoms with Crippen LogP contribution in [0, 0.1) is 0 Å². The molecule has 1 N–H and O–H groups in total. The van der Waals surface area contributed by atoms with E-state index >= 15 is 0 Å². The molecule has 1 rings (SSSR count). The molecule has 0 aliphatic carbocycles. The number of carbonyl (C=O) groups excluding carboxylic acids is 1. The second-order valence-electron chi connectivity index (χ2n) is 4.23. The number of nitrogens with one attached hydrogen (secondary N) is 1. The quantitative estimate of drug-likeness (QED) is 0.572. The molecule has 0 saturated heterocycles. The molecule has 18 heavy (non-hydrogen) atoms. The third kappa shape index (κ3) is 6.87. The zero-order valence-corrected chi connectivity index (χ0v) is 11.9. The summed E-state index contributed by atoms with van der Waals surface area (Å²) in [6.07, 6.45) is 4.36. The summed E-state index contributed by atoms with van der Waals surface area (Å²) in [6, 6.07) is 7.69. The number of unbranched alkanes of at least 4 members (excludes halogenated alkanes) is 2. The monoisotopic (exact) mass is 287 g/mol. The van der Waals surface area contributed by atoms with Gasteiger partial charge in [0.2, 0.25) is 5.91 Å². The van der Waals surface area contributed by atoms with Gasteiger partial charge < -0.3 is 5.32 Å². The SMILES string of the molecule is O=C(CCCCCCl)NCCc1ccc(Cl)cc1. The van der Waals surface area contributed by atoms with E-state index in [9.17, 15) is 4.79 Å². The lowest BCUT2D eigenvalue weighted by Crippen LogP contribution is -2.25. The highest BCUT2D eigenvalue weighted by Crippen LogP contribution is 2.09. The van der Waals surface area contributed by atoms with Gasteiger partial charge in [-0.2, -0.15) is 0 Å². The highest BCUT2D eigenvalue weighted by Gasteiger charge is 2.00. The summed E-state index contributed by atoms with van der Waals surface area (Å²) in [7, 11) is 0. The van der Waals surface area contributed by atoms with Crippen LogP contribution in [0.5, 0.6) is 0 Å². The molecule has 0 spiro atoms. The topological polar surface area (TPSA) is 29.1 Å². The molecule has 0 aliphatic rings. The van der Waals surface area contributed by atoms with Gasteiger partial charge in [-0.05, 0) is 37.0 Å². The van der Waals surface area contributed by atoms with Gasteiger partial charge in [-0.25, -0.2) is 0 Å². The van der Waals surface area contributed by atoms with Crippen molar-refractivity contribution >= 4 is 29.1 Å². The van der Waals surface area contributed by atoms with Crippen LogP contribution in [-0.4, -0.2) is 18.3 Å². The molecular formula is C14H19Cl2NO. The van der Waals surface area contributed by atoms with Crippen molar-refractivity contribution in [2.24, 2.45) is 0 Å². The fourth-order valence-corrected chi connectivity index (χ4v) is 1.96. The molecule has 0 bridgehead atoms. The van der Waals surface area contributed by atoms with E-state index in [0.29, 0.717) is 18.8 Å². The van der Waals surface area contributed by atoms with Gasteiger partial charge in [0.05, 0.1) is 0 Å². The molecule has 4 heteroatoms. The molecule has 0 unspecified atom stereocenters. The number of carbonyl (C=O) groups is 1. The number of halogens is 2. The van der Waals surface area contributed by atoms with Crippen molar-refractivity contribution in [2.75, 3.05) is 12.4 Å². The van der Waals surface area contributed by atoms with E-state index in [-0.39, 0.29) is 5.91 Å². The molecule has 0 aliphatic heterocycles. The second kappa shape index (κ2) is 9.23. The minimum absolute atomic E-state index is 0.124. The van der Waals surface area contributed by atoms with Crippen LogP contribution in [0.1, 0.15) is 31.2 Å². The third-order valence-corrected chi connectivity index (χ3v) is 3.21. The molecule has 0 radical (unpaired) electrons. The van der Waals surface area contributed by atoms with E-state index in [4.69, 9.17) is 23.2 Å². The van der Waals surface area contributed by atoms with Crippen LogP contribution in [-0.2, 0) is 11.2 Å². The lowest BCUT2D eigenvalue weighted by molar-refractivity contribution is -0.121. The van der Waals surface area contributed by atoms with E-state index in [1.54, 1.807) is 0 Å². The smallest absolute Gasteiger partial charge is 0.220 e. The molecule has 0 fully saturated rings. The van der Waals surface area contributed by atoms with Crippen molar-refractivity contribution < 1.29 is 4.79 Å². The first-order valence-corrected chi connectivity index (χ1v) is 7.20. The van der Waals surface area contributed by atoms with Crippen molar-refractivity contribution in [3.8, 4) is 0 Å². The zero-order valence-electron chi connectivity index (χ0n) is 10.4. The Morgan fingerprint density at radius 1 is 1.11 bits per heavy atom. The molecule has 100 valence electrons. The van der Waals surface area contributed by atoms with E-state index in [0.717, 1.165) is 30.7 Å². The maximum absolute atomic E-state index is 11.5. The molecule has 0 aromatic heterocycles. The maximum atomic E-state index is 11.5. The first-order chi connectivity index (χ1) is 8.72. The van der Waals surface area contributed by atoms with Crippen molar-refractivity contribution in [3.05, 3.63) is 34.9 Å². The average molecular weight is 288 g/mol. The molecular weight excluding hydrogens is 269 g/mol. The summed E-state index contributed by atoms with van der Waals surface area (Å²) in [5, 5.41) is 3.66. The Bertz CT molecular complexity index is 351. The number of hydrogen-bond acceptors (Lipinski definition) is 1. The summed E-state index contributed by atoms with van der Waals surface area (Å²) in [6.45, 7) is 0.677. The number of hydrogen-bond donors (Lipinski definition) is 1. The first kappa shape index (κ1) is 15.3. The normalized spacial score (nSPS) is 10.3. The van der Waals surface area contributed by atoms with Gasteiger partial charge >= 0.3 is 0 Å². The van der Waals surface area contributed by atoms with Gasteiger partial charge in [-0.3, -0.25) is 4.79 Å². The zero-order chi connectivity index (χ0) is 13.2. The Labute approximate surface area is 119 Å². The molecule has 0 atom stereocenters. The van der Waals surface area contributed by atoms with Crippen molar-refractivity contribution in [2.45, 2.75) is 32.1 Å². The Hall–Kier alpha value is -0.730. The molecule has 1 aromatic carbocycles. The Morgan fingerprint density at radius 2 is 1.83 bits per heavy atom. The largest absolute Gasteiger partial charge is 0.356 e. The summed E-state index contributed by atoms with van der Waals surface area (Å²) < 4.78 is 0. The minimum Gasteiger partial charge on any atom is -0.356 e. The highest BCUT2D eigenvalue weighted by molar-refractivity contribution is 6.30.